The average Bonchev–Trinajstić information content (AvgIpc) is 2.10. The molecule has 1 aromatic carbocycles. The minimum Gasteiger partial charge on any atom is -0.508 e. The fraction of sp³-hybridized carbons (Fsp3) is 0.500. The lowest BCUT2D eigenvalue weighted by molar-refractivity contribution is 0.318. The molecule has 0 bridgehead atoms. The van der Waals surface area contributed by atoms with Crippen molar-refractivity contribution in [2.24, 2.45) is 0 Å². The van der Waals surface area contributed by atoms with E-state index >= 15 is 0 Å². The fourth-order valence-electron chi connectivity index (χ4n) is 1.27. The molecule has 0 saturated heterocycles. The van der Waals surface area contributed by atoms with E-state index in [0.29, 0.717) is 11.7 Å². The van der Waals surface area contributed by atoms with Crippen molar-refractivity contribution in [2.75, 3.05) is 6.61 Å². The summed E-state index contributed by atoms with van der Waals surface area (Å²) >= 11 is 0. The summed E-state index contributed by atoms with van der Waals surface area (Å²) in [5, 5.41) is 16.9. The van der Waals surface area contributed by atoms with Gasteiger partial charge in [0.2, 0.25) is 0 Å². The van der Waals surface area contributed by atoms with Crippen molar-refractivity contribution in [3.63, 3.8) is 0 Å². The van der Waals surface area contributed by atoms with Crippen LogP contribution in [0.5, 0.6) is 5.75 Å². The first kappa shape index (κ1) is 13.0. The van der Waals surface area contributed by atoms with Crippen LogP contribution in [0.1, 0.15) is 37.8 Å². The number of rotatable bonds is 1. The molecule has 0 spiro atoms. The highest BCUT2D eigenvalue weighted by Crippen LogP contribution is 2.25. The monoisotopic (exact) mass is 196 g/mol. The number of aliphatic hydroxyl groups excluding tert-OH is 1. The zero-order chi connectivity index (χ0) is 11.1. The number of benzene rings is 1. The number of aromatic hydroxyl groups is 1. The Morgan fingerprint density at radius 3 is 2.14 bits per heavy atom. The number of hydrogen-bond acceptors (Lipinski definition) is 2. The topological polar surface area (TPSA) is 40.5 Å². The van der Waals surface area contributed by atoms with Crippen LogP contribution in [0.4, 0.5) is 0 Å². The molecule has 80 valence electrons. The minimum atomic E-state index is 0.250. The van der Waals surface area contributed by atoms with E-state index in [-0.39, 0.29) is 6.61 Å². The summed E-state index contributed by atoms with van der Waals surface area (Å²) < 4.78 is 0. The molecule has 1 aromatic rings. The van der Waals surface area contributed by atoms with Gasteiger partial charge in [0.25, 0.3) is 0 Å². The molecular formula is C12H20O2. The van der Waals surface area contributed by atoms with Gasteiger partial charge in [0.15, 0.2) is 0 Å². The van der Waals surface area contributed by atoms with Crippen molar-refractivity contribution in [1.82, 2.24) is 0 Å². The minimum absolute atomic E-state index is 0.250. The molecule has 2 nitrogen and oxygen atoms in total. The zero-order valence-corrected chi connectivity index (χ0v) is 9.41. The van der Waals surface area contributed by atoms with Crippen LogP contribution in [-0.2, 0) is 0 Å². The Kier molecular flexibility index (Phi) is 5.97. The van der Waals surface area contributed by atoms with Crippen molar-refractivity contribution >= 4 is 0 Å². The van der Waals surface area contributed by atoms with E-state index in [1.807, 2.05) is 13.0 Å². The highest BCUT2D eigenvalue weighted by Gasteiger charge is 2.04. The third-order valence-electron chi connectivity index (χ3n) is 1.97. The summed E-state index contributed by atoms with van der Waals surface area (Å²) in [6.07, 6.45) is 0. The molecule has 0 aliphatic heterocycles. The molecule has 14 heavy (non-hydrogen) atoms. The summed E-state index contributed by atoms with van der Waals surface area (Å²) in [4.78, 5) is 0. The summed E-state index contributed by atoms with van der Waals surface area (Å²) in [6.45, 7) is 8.13. The molecular weight excluding hydrogens is 176 g/mol. The van der Waals surface area contributed by atoms with Crippen LogP contribution in [0, 0.1) is 6.92 Å². The highest BCUT2D eigenvalue weighted by molar-refractivity contribution is 5.39. The van der Waals surface area contributed by atoms with Gasteiger partial charge in [-0.3, -0.25) is 0 Å². The Labute approximate surface area is 86.2 Å². The molecule has 0 amide bonds. The Morgan fingerprint density at radius 2 is 1.79 bits per heavy atom. The smallest absolute Gasteiger partial charge is 0.118 e. The Hall–Kier alpha value is -1.02. The molecule has 0 radical (unpaired) electrons. The molecule has 0 fully saturated rings. The molecule has 0 aliphatic carbocycles. The molecule has 0 saturated carbocycles. The first-order chi connectivity index (χ1) is 6.54. The largest absolute Gasteiger partial charge is 0.508 e. The van der Waals surface area contributed by atoms with Crippen molar-refractivity contribution in [3.8, 4) is 5.75 Å². The summed E-state index contributed by atoms with van der Waals surface area (Å²) in [6, 6.07) is 5.67. The molecule has 0 unspecified atom stereocenters. The maximum Gasteiger partial charge on any atom is 0.118 e. The zero-order valence-electron chi connectivity index (χ0n) is 9.41. The number of phenolic OH excluding ortho intramolecular Hbond substituents is 1. The fourth-order valence-corrected chi connectivity index (χ4v) is 1.27. The Balaban J connectivity index is 0.000000500. The van der Waals surface area contributed by atoms with Crippen molar-refractivity contribution in [1.29, 1.82) is 0 Å². The summed E-state index contributed by atoms with van der Waals surface area (Å²) in [5.74, 6) is 0.887. The van der Waals surface area contributed by atoms with E-state index in [1.54, 1.807) is 13.0 Å². The van der Waals surface area contributed by atoms with Crippen LogP contribution in [0.2, 0.25) is 0 Å². The van der Waals surface area contributed by atoms with Crippen LogP contribution in [0.15, 0.2) is 18.2 Å². The van der Waals surface area contributed by atoms with Crippen LogP contribution in [0.3, 0.4) is 0 Å². The number of phenols is 1. The van der Waals surface area contributed by atoms with Gasteiger partial charge in [-0.1, -0.05) is 26.0 Å². The first-order valence-electron chi connectivity index (χ1n) is 4.93. The van der Waals surface area contributed by atoms with E-state index in [2.05, 4.69) is 19.9 Å². The van der Waals surface area contributed by atoms with Gasteiger partial charge in [-0.15, -0.1) is 0 Å². The van der Waals surface area contributed by atoms with Crippen LogP contribution in [0.25, 0.3) is 0 Å². The molecule has 0 atom stereocenters. The summed E-state index contributed by atoms with van der Waals surface area (Å²) in [5.41, 5.74) is 2.23. The van der Waals surface area contributed by atoms with Gasteiger partial charge in [-0.05, 0) is 37.0 Å². The van der Waals surface area contributed by atoms with Gasteiger partial charge >= 0.3 is 0 Å². The van der Waals surface area contributed by atoms with Gasteiger partial charge in [0.05, 0.1) is 0 Å². The van der Waals surface area contributed by atoms with E-state index in [1.165, 1.54) is 5.56 Å². The van der Waals surface area contributed by atoms with E-state index in [0.717, 1.165) is 5.56 Å². The second-order valence-electron chi connectivity index (χ2n) is 3.46. The van der Waals surface area contributed by atoms with E-state index < -0.39 is 0 Å². The predicted molar refractivity (Wildman–Crippen MR) is 59.7 cm³/mol. The van der Waals surface area contributed by atoms with Crippen LogP contribution >= 0.6 is 0 Å². The molecule has 2 N–H and O–H groups in total. The highest BCUT2D eigenvalue weighted by atomic mass is 16.3. The quantitative estimate of drug-likeness (QED) is 0.725. The molecule has 2 heteroatoms. The number of aliphatic hydroxyl groups is 1. The van der Waals surface area contributed by atoms with Crippen LogP contribution < -0.4 is 0 Å². The molecule has 0 aliphatic rings. The van der Waals surface area contributed by atoms with Crippen molar-refractivity contribution in [2.45, 2.75) is 33.6 Å². The Bertz CT molecular complexity index is 267. The lowest BCUT2D eigenvalue weighted by Crippen LogP contribution is -1.90. The van der Waals surface area contributed by atoms with Crippen LogP contribution in [-0.4, -0.2) is 16.8 Å². The maximum atomic E-state index is 9.35. The standard InChI is InChI=1S/C10H14O.C2H6O/c1-7(2)9-5-4-6-10(11)8(9)3;1-2-3/h4-7,11H,1-3H3;3H,2H2,1H3. The van der Waals surface area contributed by atoms with E-state index in [9.17, 15) is 5.11 Å². The molecule has 1 rings (SSSR count). The Morgan fingerprint density at radius 1 is 1.29 bits per heavy atom. The lowest BCUT2D eigenvalue weighted by Gasteiger charge is -2.09. The van der Waals surface area contributed by atoms with Gasteiger partial charge in [-0.2, -0.15) is 0 Å². The second-order valence-corrected chi connectivity index (χ2v) is 3.46. The van der Waals surface area contributed by atoms with Gasteiger partial charge in [0, 0.05) is 6.61 Å². The number of hydrogen-bond donors (Lipinski definition) is 2. The second kappa shape index (κ2) is 6.44. The average molecular weight is 196 g/mol. The normalized spacial score (nSPS) is 9.57. The SMILES string of the molecule is CCO.Cc1c(O)cccc1C(C)C. The first-order valence-corrected chi connectivity index (χ1v) is 4.93. The van der Waals surface area contributed by atoms with Crippen molar-refractivity contribution in [3.05, 3.63) is 29.3 Å². The van der Waals surface area contributed by atoms with Gasteiger partial charge < -0.3 is 10.2 Å². The third kappa shape index (κ3) is 3.79. The summed E-state index contributed by atoms with van der Waals surface area (Å²) in [7, 11) is 0. The van der Waals surface area contributed by atoms with E-state index in [4.69, 9.17) is 5.11 Å². The van der Waals surface area contributed by atoms with Gasteiger partial charge in [-0.25, -0.2) is 0 Å². The van der Waals surface area contributed by atoms with Gasteiger partial charge in [0.1, 0.15) is 5.75 Å². The third-order valence-corrected chi connectivity index (χ3v) is 1.97. The predicted octanol–water partition coefficient (Wildman–Crippen LogP) is 2.82. The van der Waals surface area contributed by atoms with Crippen molar-refractivity contribution < 1.29 is 10.2 Å². The molecule has 0 aromatic heterocycles. The molecule has 0 heterocycles. The lowest BCUT2D eigenvalue weighted by atomic mass is 9.98. The maximum absolute atomic E-state index is 9.35.